The molecular formula is C27H40. The lowest BCUT2D eigenvalue weighted by atomic mass is 9.65. The standard InChI is InChI=1S/C27H40/c1-24(2,3)20-12-11-13-21(15-14-20)26(7,8)22-16-18-23(19-17-22)27(9,10)25(4,5)6/h11,13-19H,12H2,1-10H3. The molecule has 0 heterocycles. The molecule has 0 N–H and O–H groups in total. The normalized spacial score (nSPS) is 16.7. The van der Waals surface area contributed by atoms with Gasteiger partial charge in [0, 0.05) is 5.41 Å². The minimum Gasteiger partial charge on any atom is -0.0801 e. The molecule has 27 heavy (non-hydrogen) atoms. The maximum Gasteiger partial charge on any atom is 0.0146 e. The summed E-state index contributed by atoms with van der Waals surface area (Å²) >= 11 is 0. The van der Waals surface area contributed by atoms with Crippen LogP contribution in [0.15, 0.2) is 59.7 Å². The lowest BCUT2D eigenvalue weighted by molar-refractivity contribution is 0.225. The number of rotatable bonds is 3. The average Bonchev–Trinajstić information content (AvgIpc) is 2.80. The lowest BCUT2D eigenvalue weighted by Gasteiger charge is -2.40. The van der Waals surface area contributed by atoms with E-state index >= 15 is 0 Å². The maximum absolute atomic E-state index is 2.35. The van der Waals surface area contributed by atoms with Crippen LogP contribution in [0.3, 0.4) is 0 Å². The summed E-state index contributed by atoms with van der Waals surface area (Å²) in [6.45, 7) is 23.2. The highest BCUT2D eigenvalue weighted by Crippen LogP contribution is 2.42. The molecule has 1 aromatic carbocycles. The van der Waals surface area contributed by atoms with Crippen LogP contribution < -0.4 is 0 Å². The molecule has 0 atom stereocenters. The Hall–Kier alpha value is -1.56. The molecule has 0 aromatic heterocycles. The Labute approximate surface area is 168 Å². The van der Waals surface area contributed by atoms with E-state index in [-0.39, 0.29) is 21.7 Å². The molecule has 1 aromatic rings. The Morgan fingerprint density at radius 2 is 1.19 bits per heavy atom. The van der Waals surface area contributed by atoms with E-state index in [1.165, 1.54) is 22.3 Å². The zero-order valence-electron chi connectivity index (χ0n) is 19.3. The third-order valence-electron chi connectivity index (χ3n) is 6.99. The minimum atomic E-state index is -0.00919. The van der Waals surface area contributed by atoms with Gasteiger partial charge in [-0.1, -0.05) is 123 Å². The molecule has 0 fully saturated rings. The Morgan fingerprint density at radius 3 is 1.67 bits per heavy atom. The highest BCUT2D eigenvalue weighted by atomic mass is 14.4. The molecule has 0 bridgehead atoms. The van der Waals surface area contributed by atoms with Gasteiger partial charge in [0.15, 0.2) is 0 Å². The molecule has 0 radical (unpaired) electrons. The van der Waals surface area contributed by atoms with E-state index in [1.54, 1.807) is 0 Å². The van der Waals surface area contributed by atoms with Gasteiger partial charge in [0.25, 0.3) is 0 Å². The fourth-order valence-corrected chi connectivity index (χ4v) is 3.50. The second-order valence-electron chi connectivity index (χ2n) is 11.2. The van der Waals surface area contributed by atoms with Crippen molar-refractivity contribution in [2.45, 2.75) is 86.5 Å². The number of hydrogen-bond donors (Lipinski definition) is 0. The highest BCUT2D eigenvalue weighted by Gasteiger charge is 2.34. The first kappa shape index (κ1) is 21.7. The van der Waals surface area contributed by atoms with Crippen LogP contribution in [0.5, 0.6) is 0 Å². The fraction of sp³-hybridized carbons (Fsp3) is 0.556. The van der Waals surface area contributed by atoms with Gasteiger partial charge in [0.05, 0.1) is 0 Å². The van der Waals surface area contributed by atoms with Crippen LogP contribution in [0.25, 0.3) is 0 Å². The topological polar surface area (TPSA) is 0 Å². The van der Waals surface area contributed by atoms with Crippen molar-refractivity contribution in [3.63, 3.8) is 0 Å². The fourth-order valence-electron chi connectivity index (χ4n) is 3.50. The SMILES string of the molecule is CC(C)(C)C1=CC=C(C(C)(C)c2ccc(C(C)(C)C(C)(C)C)cc2)C=CC1. The zero-order chi connectivity index (χ0) is 20.7. The van der Waals surface area contributed by atoms with Gasteiger partial charge in [-0.3, -0.25) is 0 Å². The van der Waals surface area contributed by atoms with Crippen molar-refractivity contribution in [2.24, 2.45) is 10.8 Å². The quantitative estimate of drug-likeness (QED) is 0.507. The van der Waals surface area contributed by atoms with Crippen LogP contribution in [0.2, 0.25) is 0 Å². The minimum absolute atomic E-state index is 0.00919. The molecule has 0 heteroatoms. The zero-order valence-corrected chi connectivity index (χ0v) is 19.3. The summed E-state index contributed by atoms with van der Waals surface area (Å²) in [5.74, 6) is 0. The second kappa shape index (κ2) is 7.12. The molecule has 1 aliphatic rings. The summed E-state index contributed by atoms with van der Waals surface area (Å²) in [6, 6.07) is 9.33. The average molecular weight is 365 g/mol. The Bertz CT molecular complexity index is 748. The molecule has 1 aliphatic carbocycles. The van der Waals surface area contributed by atoms with Crippen molar-refractivity contribution < 1.29 is 0 Å². The van der Waals surface area contributed by atoms with E-state index in [4.69, 9.17) is 0 Å². The molecule has 0 aliphatic heterocycles. The Balaban J connectivity index is 2.37. The highest BCUT2D eigenvalue weighted by molar-refractivity contribution is 5.45. The van der Waals surface area contributed by atoms with Crippen molar-refractivity contribution in [3.8, 4) is 0 Å². The van der Waals surface area contributed by atoms with Gasteiger partial charge in [-0.2, -0.15) is 0 Å². The van der Waals surface area contributed by atoms with E-state index in [1.807, 2.05) is 0 Å². The van der Waals surface area contributed by atoms with Crippen LogP contribution >= 0.6 is 0 Å². The molecule has 0 saturated carbocycles. The van der Waals surface area contributed by atoms with Gasteiger partial charge < -0.3 is 0 Å². The monoisotopic (exact) mass is 364 g/mol. The molecule has 0 spiro atoms. The number of benzene rings is 1. The van der Waals surface area contributed by atoms with Gasteiger partial charge in [0.2, 0.25) is 0 Å². The first-order chi connectivity index (χ1) is 12.2. The Morgan fingerprint density at radius 1 is 0.667 bits per heavy atom. The largest absolute Gasteiger partial charge is 0.0801 e. The summed E-state index contributed by atoms with van der Waals surface area (Å²) in [7, 11) is 0. The van der Waals surface area contributed by atoms with Crippen LogP contribution in [0.4, 0.5) is 0 Å². The summed E-state index contributed by atoms with van der Waals surface area (Å²) < 4.78 is 0. The predicted molar refractivity (Wildman–Crippen MR) is 121 cm³/mol. The first-order valence-corrected chi connectivity index (χ1v) is 10.4. The van der Waals surface area contributed by atoms with Crippen LogP contribution in [0.1, 0.15) is 86.8 Å². The molecular weight excluding hydrogens is 324 g/mol. The van der Waals surface area contributed by atoms with Crippen molar-refractivity contribution in [1.29, 1.82) is 0 Å². The lowest BCUT2D eigenvalue weighted by Crippen LogP contribution is -2.34. The molecule has 0 amide bonds. The third-order valence-corrected chi connectivity index (χ3v) is 6.99. The smallest absolute Gasteiger partial charge is 0.0146 e. The first-order valence-electron chi connectivity index (χ1n) is 10.4. The van der Waals surface area contributed by atoms with Crippen LogP contribution in [0, 0.1) is 10.8 Å². The summed E-state index contributed by atoms with van der Waals surface area (Å²) in [5.41, 5.74) is 6.24. The molecule has 0 nitrogen and oxygen atoms in total. The van der Waals surface area contributed by atoms with E-state index in [2.05, 4.69) is 118 Å². The van der Waals surface area contributed by atoms with Crippen LogP contribution in [-0.4, -0.2) is 0 Å². The van der Waals surface area contributed by atoms with Crippen molar-refractivity contribution >= 4 is 0 Å². The van der Waals surface area contributed by atoms with Gasteiger partial charge >= 0.3 is 0 Å². The molecule has 148 valence electrons. The van der Waals surface area contributed by atoms with Crippen molar-refractivity contribution in [2.75, 3.05) is 0 Å². The van der Waals surface area contributed by atoms with Gasteiger partial charge in [-0.15, -0.1) is 0 Å². The summed E-state index contributed by atoms with van der Waals surface area (Å²) in [6.07, 6.45) is 10.4. The second-order valence-corrected chi connectivity index (χ2v) is 11.2. The number of allylic oxidation sites excluding steroid dienone is 6. The summed E-state index contributed by atoms with van der Waals surface area (Å²) in [5, 5.41) is 0. The van der Waals surface area contributed by atoms with E-state index in [0.717, 1.165) is 6.42 Å². The van der Waals surface area contributed by atoms with E-state index in [9.17, 15) is 0 Å². The van der Waals surface area contributed by atoms with Gasteiger partial charge in [-0.05, 0) is 39.4 Å². The predicted octanol–water partition coefficient (Wildman–Crippen LogP) is 8.15. The third kappa shape index (κ3) is 4.48. The van der Waals surface area contributed by atoms with Crippen molar-refractivity contribution in [3.05, 3.63) is 70.8 Å². The maximum atomic E-state index is 2.35. The Kier molecular flexibility index (Phi) is 5.73. The molecule has 0 saturated heterocycles. The van der Waals surface area contributed by atoms with Crippen molar-refractivity contribution in [1.82, 2.24) is 0 Å². The number of hydrogen-bond acceptors (Lipinski definition) is 0. The van der Waals surface area contributed by atoms with Gasteiger partial charge in [0.1, 0.15) is 0 Å². The molecule has 2 rings (SSSR count). The molecule has 0 unspecified atom stereocenters. The van der Waals surface area contributed by atoms with Gasteiger partial charge in [-0.25, -0.2) is 0 Å². The van der Waals surface area contributed by atoms with Crippen LogP contribution in [-0.2, 0) is 10.8 Å². The summed E-state index contributed by atoms with van der Waals surface area (Å²) in [4.78, 5) is 0. The van der Waals surface area contributed by atoms with E-state index in [0.29, 0.717) is 0 Å². The van der Waals surface area contributed by atoms with E-state index < -0.39 is 0 Å².